The summed E-state index contributed by atoms with van der Waals surface area (Å²) in [6, 6.07) is 28.9. The van der Waals surface area contributed by atoms with Crippen LogP contribution in [-0.4, -0.2) is 19.4 Å². The van der Waals surface area contributed by atoms with Gasteiger partial charge in [0, 0.05) is 32.7 Å². The van der Waals surface area contributed by atoms with Gasteiger partial charge in [-0.1, -0.05) is 73.9 Å². The molecular weight excluding hydrogens is 559 g/mol. The molecule has 0 saturated heterocycles. The summed E-state index contributed by atoms with van der Waals surface area (Å²) in [5.41, 5.74) is 7.20. The summed E-state index contributed by atoms with van der Waals surface area (Å²) in [5.74, 6) is -0.717. The molecule has 1 aliphatic carbocycles. The second-order valence-electron chi connectivity index (χ2n) is 11.4. The summed E-state index contributed by atoms with van der Waals surface area (Å²) in [5, 5.41) is 1.83. The topological polar surface area (TPSA) is 37.4 Å². The van der Waals surface area contributed by atoms with Crippen LogP contribution in [0.25, 0.3) is 17.2 Å². The quantitative estimate of drug-likeness (QED) is 0.100. The van der Waals surface area contributed by atoms with Crippen LogP contribution in [0.4, 0.5) is 20.8 Å². The van der Waals surface area contributed by atoms with E-state index in [9.17, 15) is 9.59 Å². The Labute approximate surface area is 251 Å². The second kappa shape index (κ2) is 9.73. The minimum Gasteiger partial charge on any atom is -0.301 e. The SMILES string of the molecule is Bc1ccc2c(c1)C(=O)/C(=C/c1cc3c(s1)N(c1ccccc1)c1ccc(-c4c(F)cccc4P)cc1C3(C)C)C2=O. The van der Waals surface area contributed by atoms with Crippen molar-refractivity contribution in [2.45, 2.75) is 19.3 Å². The van der Waals surface area contributed by atoms with Crippen LogP contribution in [-0.2, 0) is 5.41 Å². The van der Waals surface area contributed by atoms with Crippen molar-refractivity contribution in [2.75, 3.05) is 4.90 Å². The van der Waals surface area contributed by atoms with E-state index in [-0.39, 0.29) is 23.0 Å². The number of anilines is 3. The average Bonchev–Trinajstić information content (AvgIpc) is 3.49. The number of hydrogen-bond acceptors (Lipinski definition) is 4. The molecule has 2 heterocycles. The smallest absolute Gasteiger partial charge is 0.197 e. The molecule has 0 N–H and O–H groups in total. The zero-order chi connectivity index (χ0) is 29.3. The monoisotopic (exact) mass is 585 g/mol. The van der Waals surface area contributed by atoms with Crippen molar-refractivity contribution >= 4 is 73.2 Å². The summed E-state index contributed by atoms with van der Waals surface area (Å²) in [6.07, 6.45) is 1.75. The van der Waals surface area contributed by atoms with E-state index in [4.69, 9.17) is 0 Å². The first-order valence-corrected chi connectivity index (χ1v) is 15.1. The first-order valence-electron chi connectivity index (χ1n) is 13.8. The summed E-state index contributed by atoms with van der Waals surface area (Å²) < 4.78 is 15.0. The van der Waals surface area contributed by atoms with Gasteiger partial charge < -0.3 is 4.90 Å². The minimum atomic E-state index is -0.435. The van der Waals surface area contributed by atoms with Crippen molar-refractivity contribution in [3.05, 3.63) is 130 Å². The number of benzene rings is 4. The molecule has 0 radical (unpaired) electrons. The van der Waals surface area contributed by atoms with Gasteiger partial charge in [0.05, 0.1) is 11.3 Å². The number of hydrogen-bond donors (Lipinski definition) is 0. The fourth-order valence-corrected chi connectivity index (χ4v) is 7.83. The normalized spacial score (nSPS) is 16.0. The first-order chi connectivity index (χ1) is 20.1. The molecule has 5 aromatic rings. The van der Waals surface area contributed by atoms with Gasteiger partial charge in [-0.15, -0.1) is 20.6 Å². The number of carbonyl (C=O) groups is 2. The molecule has 1 unspecified atom stereocenters. The third kappa shape index (κ3) is 4.05. The van der Waals surface area contributed by atoms with Gasteiger partial charge >= 0.3 is 0 Å². The van der Waals surface area contributed by atoms with Crippen LogP contribution >= 0.6 is 20.6 Å². The highest BCUT2D eigenvalue weighted by atomic mass is 32.1. The van der Waals surface area contributed by atoms with E-state index < -0.39 is 5.41 Å². The molecule has 1 atom stereocenters. The standard InChI is InChI=1S/C35H26BFNO2PS/c1-35(2)26-15-19(31-28(37)9-6-10-30(31)41)11-14-29(26)38(21-7-4-3-5-8-21)34-27(35)18-22(42-34)17-25-32(39)23-13-12-20(36)16-24(23)33(25)40/h3-18H,36,41H2,1-2H3/b25-17+. The van der Waals surface area contributed by atoms with Gasteiger partial charge in [-0.05, 0) is 64.5 Å². The molecule has 0 spiro atoms. The molecule has 0 amide bonds. The molecule has 7 heteroatoms. The number of carbonyl (C=O) groups excluding carboxylic acids is 2. The van der Waals surface area contributed by atoms with Crippen molar-refractivity contribution in [1.29, 1.82) is 0 Å². The van der Waals surface area contributed by atoms with Gasteiger partial charge in [0.15, 0.2) is 11.6 Å². The van der Waals surface area contributed by atoms with Gasteiger partial charge in [0.1, 0.15) is 18.7 Å². The highest BCUT2D eigenvalue weighted by Crippen LogP contribution is 2.56. The molecule has 7 rings (SSSR count). The number of para-hydroxylation sites is 1. The van der Waals surface area contributed by atoms with Crippen LogP contribution in [0.2, 0.25) is 0 Å². The van der Waals surface area contributed by atoms with Gasteiger partial charge in [-0.3, -0.25) is 9.59 Å². The Kier molecular flexibility index (Phi) is 6.20. The molecule has 0 saturated carbocycles. The van der Waals surface area contributed by atoms with Crippen molar-refractivity contribution in [3.63, 3.8) is 0 Å². The van der Waals surface area contributed by atoms with Crippen molar-refractivity contribution in [1.82, 2.24) is 0 Å². The lowest BCUT2D eigenvalue weighted by molar-refractivity contribution is 0.0990. The lowest BCUT2D eigenvalue weighted by Gasteiger charge is -2.40. The van der Waals surface area contributed by atoms with E-state index in [0.717, 1.165) is 48.7 Å². The fraction of sp³-hybridized carbons (Fsp3) is 0.0857. The molecule has 3 nitrogen and oxygen atoms in total. The van der Waals surface area contributed by atoms with Crippen molar-refractivity contribution in [3.8, 4) is 11.1 Å². The summed E-state index contributed by atoms with van der Waals surface area (Å²) in [6.45, 7) is 4.35. The van der Waals surface area contributed by atoms with Crippen LogP contribution in [0.1, 0.15) is 50.6 Å². The van der Waals surface area contributed by atoms with Gasteiger partial charge in [0.2, 0.25) is 0 Å². The van der Waals surface area contributed by atoms with Gasteiger partial charge in [-0.2, -0.15) is 0 Å². The van der Waals surface area contributed by atoms with Gasteiger partial charge in [-0.25, -0.2) is 4.39 Å². The number of rotatable bonds is 3. The Morgan fingerprint density at radius 2 is 1.62 bits per heavy atom. The van der Waals surface area contributed by atoms with E-state index in [0.29, 0.717) is 16.7 Å². The maximum Gasteiger partial charge on any atom is 0.197 e. The molecular formula is C35H26BFNO2PS. The molecule has 2 aliphatic rings. The molecule has 0 bridgehead atoms. The molecule has 1 aromatic heterocycles. The van der Waals surface area contributed by atoms with E-state index in [1.165, 1.54) is 6.07 Å². The second-order valence-corrected chi connectivity index (χ2v) is 13.0. The number of thiophene rings is 1. The molecule has 0 fully saturated rings. The van der Waals surface area contributed by atoms with Crippen LogP contribution in [0, 0.1) is 5.82 Å². The Hall–Kier alpha value is -4.12. The lowest BCUT2D eigenvalue weighted by Crippen LogP contribution is -2.29. The van der Waals surface area contributed by atoms with Crippen LogP contribution < -0.4 is 15.7 Å². The summed E-state index contributed by atoms with van der Waals surface area (Å²) in [7, 11) is 4.57. The van der Waals surface area contributed by atoms with E-state index >= 15 is 4.39 Å². The minimum absolute atomic E-state index is 0.200. The molecule has 42 heavy (non-hydrogen) atoms. The van der Waals surface area contributed by atoms with E-state index in [1.54, 1.807) is 35.6 Å². The molecule has 204 valence electrons. The molecule has 4 aromatic carbocycles. The summed E-state index contributed by atoms with van der Waals surface area (Å²) >= 11 is 1.56. The predicted molar refractivity (Wildman–Crippen MR) is 177 cm³/mol. The Balaban J connectivity index is 1.41. The Morgan fingerprint density at radius 3 is 2.38 bits per heavy atom. The Morgan fingerprint density at radius 1 is 0.857 bits per heavy atom. The summed E-state index contributed by atoms with van der Waals surface area (Å²) in [4.78, 5) is 29.6. The number of ketones is 2. The fourth-order valence-electron chi connectivity index (χ4n) is 6.12. The van der Waals surface area contributed by atoms with Crippen molar-refractivity contribution < 1.29 is 14.0 Å². The third-order valence-corrected chi connectivity index (χ3v) is 9.86. The maximum atomic E-state index is 15.0. The number of nitrogens with zero attached hydrogens (tertiary/aromatic N) is 1. The highest BCUT2D eigenvalue weighted by Gasteiger charge is 2.40. The van der Waals surface area contributed by atoms with Gasteiger partial charge in [0.25, 0.3) is 0 Å². The Bertz CT molecular complexity index is 1980. The van der Waals surface area contributed by atoms with E-state index in [1.807, 2.05) is 44.2 Å². The number of halogens is 1. The van der Waals surface area contributed by atoms with Crippen LogP contribution in [0.15, 0.2) is 96.6 Å². The maximum absolute atomic E-state index is 15.0. The number of allylic oxidation sites excluding steroid dienone is 1. The zero-order valence-corrected chi connectivity index (χ0v) is 25.3. The number of Topliss-reactive ketones (excluding diaryl/α,β-unsaturated/α-hetero) is 2. The molecule has 1 aliphatic heterocycles. The highest BCUT2D eigenvalue weighted by molar-refractivity contribution is 7.28. The lowest BCUT2D eigenvalue weighted by atomic mass is 9.74. The van der Waals surface area contributed by atoms with Crippen molar-refractivity contribution in [2.24, 2.45) is 0 Å². The average molecular weight is 585 g/mol. The predicted octanol–water partition coefficient (Wildman–Crippen LogP) is 6.88. The number of fused-ring (bicyclic) bond motifs is 3. The van der Waals surface area contributed by atoms with E-state index in [2.05, 4.69) is 58.3 Å². The van der Waals surface area contributed by atoms with Crippen LogP contribution in [0.5, 0.6) is 0 Å². The largest absolute Gasteiger partial charge is 0.301 e. The van der Waals surface area contributed by atoms with Crippen LogP contribution in [0.3, 0.4) is 0 Å². The first kappa shape index (κ1) is 26.8. The zero-order valence-electron chi connectivity index (χ0n) is 23.4. The third-order valence-electron chi connectivity index (χ3n) is 8.31.